The number of phenols is 1. The van der Waals surface area contributed by atoms with Gasteiger partial charge in [-0.25, -0.2) is 4.98 Å². The van der Waals surface area contributed by atoms with Crippen LogP contribution in [-0.2, 0) is 13.1 Å². The first kappa shape index (κ1) is 24.7. The first-order chi connectivity index (χ1) is 17.1. The molecule has 1 atom stereocenters. The number of nitrogens with zero attached hydrogens (tertiary/aromatic N) is 2. The van der Waals surface area contributed by atoms with Crippen LogP contribution in [0.4, 0.5) is 0 Å². The molecule has 0 radical (unpaired) electrons. The molecule has 0 fully saturated rings. The van der Waals surface area contributed by atoms with Crippen LogP contribution in [0.1, 0.15) is 62.4 Å². The van der Waals surface area contributed by atoms with Crippen molar-refractivity contribution < 1.29 is 5.11 Å². The third kappa shape index (κ3) is 5.66. The van der Waals surface area contributed by atoms with Crippen LogP contribution < -0.4 is 5.32 Å². The van der Waals surface area contributed by atoms with Crippen molar-refractivity contribution in [2.45, 2.75) is 65.6 Å². The quantitative estimate of drug-likeness (QED) is 0.238. The Morgan fingerprint density at radius 1 is 0.857 bits per heavy atom. The lowest BCUT2D eigenvalue weighted by Crippen LogP contribution is -2.24. The van der Waals surface area contributed by atoms with Gasteiger partial charge in [0.1, 0.15) is 11.6 Å². The number of nitrogens with one attached hydrogen (secondary N) is 1. The summed E-state index contributed by atoms with van der Waals surface area (Å²) < 4.78 is 2.42. The van der Waals surface area contributed by atoms with E-state index in [-0.39, 0.29) is 6.04 Å². The highest BCUT2D eigenvalue weighted by atomic mass is 16.3. The average Bonchev–Trinajstić information content (AvgIpc) is 3.27. The van der Waals surface area contributed by atoms with E-state index in [1.54, 1.807) is 0 Å². The third-order valence-electron chi connectivity index (χ3n) is 6.57. The minimum atomic E-state index is 0.113. The Hall–Kier alpha value is -3.37. The van der Waals surface area contributed by atoms with E-state index in [1.807, 2.05) is 25.1 Å². The number of rotatable bonds is 11. The van der Waals surface area contributed by atoms with Crippen LogP contribution in [-0.4, -0.2) is 14.7 Å². The van der Waals surface area contributed by atoms with Gasteiger partial charge in [-0.15, -0.1) is 0 Å². The molecule has 0 aliphatic carbocycles. The number of hydrogen-bond acceptors (Lipinski definition) is 3. The molecule has 0 aliphatic rings. The summed E-state index contributed by atoms with van der Waals surface area (Å²) in [6, 6.07) is 27.1. The lowest BCUT2D eigenvalue weighted by atomic mass is 10.00. The zero-order valence-corrected chi connectivity index (χ0v) is 21.2. The molecule has 0 aliphatic heterocycles. The van der Waals surface area contributed by atoms with Crippen molar-refractivity contribution in [3.63, 3.8) is 0 Å². The van der Waals surface area contributed by atoms with E-state index in [0.29, 0.717) is 12.3 Å². The molecule has 0 spiro atoms. The van der Waals surface area contributed by atoms with Crippen LogP contribution in [0.2, 0.25) is 0 Å². The van der Waals surface area contributed by atoms with Crippen LogP contribution in [0.3, 0.4) is 0 Å². The molecule has 35 heavy (non-hydrogen) atoms. The van der Waals surface area contributed by atoms with Crippen LogP contribution in [0.25, 0.3) is 22.6 Å². The standard InChI is InChI=1S/C31H37N3O/c1-4-6-20-27(32-22-26-19-13-14-23(3)30(26)35)29-28(24-15-9-7-10-16-24)33-31(34(29)21-5-2)25-17-11-8-12-18-25/h7-19,27,32,35H,4-6,20-22H2,1-3H3. The second kappa shape index (κ2) is 11.9. The summed E-state index contributed by atoms with van der Waals surface area (Å²) in [5.41, 5.74) is 6.38. The van der Waals surface area contributed by atoms with Gasteiger partial charge in [0.05, 0.1) is 17.4 Å². The van der Waals surface area contributed by atoms with Crippen molar-refractivity contribution in [1.82, 2.24) is 14.9 Å². The van der Waals surface area contributed by atoms with Gasteiger partial charge in [0.15, 0.2) is 0 Å². The van der Waals surface area contributed by atoms with E-state index < -0.39 is 0 Å². The van der Waals surface area contributed by atoms with Crippen molar-refractivity contribution in [1.29, 1.82) is 0 Å². The minimum Gasteiger partial charge on any atom is -0.507 e. The Kier molecular flexibility index (Phi) is 8.38. The van der Waals surface area contributed by atoms with Gasteiger partial charge in [-0.3, -0.25) is 0 Å². The lowest BCUT2D eigenvalue weighted by Gasteiger charge is -2.23. The molecular formula is C31H37N3O. The molecule has 4 aromatic rings. The number of aromatic hydroxyl groups is 1. The summed E-state index contributed by atoms with van der Waals surface area (Å²) in [7, 11) is 0. The first-order valence-corrected chi connectivity index (χ1v) is 12.9. The Balaban J connectivity index is 1.83. The number of aromatic nitrogens is 2. The van der Waals surface area contributed by atoms with Crippen LogP contribution in [0, 0.1) is 6.92 Å². The Bertz CT molecular complexity index is 1210. The smallest absolute Gasteiger partial charge is 0.140 e. The van der Waals surface area contributed by atoms with E-state index in [1.165, 1.54) is 5.69 Å². The normalized spacial score (nSPS) is 12.1. The van der Waals surface area contributed by atoms with Gasteiger partial charge in [-0.2, -0.15) is 0 Å². The Labute approximate surface area is 209 Å². The fourth-order valence-corrected chi connectivity index (χ4v) is 4.72. The summed E-state index contributed by atoms with van der Waals surface area (Å²) in [6.45, 7) is 7.91. The lowest BCUT2D eigenvalue weighted by molar-refractivity contribution is 0.432. The van der Waals surface area contributed by atoms with E-state index in [4.69, 9.17) is 4.98 Å². The number of para-hydroxylation sites is 1. The predicted molar refractivity (Wildman–Crippen MR) is 145 cm³/mol. The maximum atomic E-state index is 10.6. The number of benzene rings is 3. The summed E-state index contributed by atoms with van der Waals surface area (Å²) in [6.07, 6.45) is 4.27. The molecule has 4 rings (SSSR count). The number of hydrogen-bond donors (Lipinski definition) is 2. The summed E-state index contributed by atoms with van der Waals surface area (Å²) >= 11 is 0. The highest BCUT2D eigenvalue weighted by Crippen LogP contribution is 2.36. The van der Waals surface area contributed by atoms with Crippen molar-refractivity contribution >= 4 is 0 Å². The number of unbranched alkanes of at least 4 members (excludes halogenated alkanes) is 1. The predicted octanol–water partition coefficient (Wildman–Crippen LogP) is 7.66. The molecule has 3 aromatic carbocycles. The maximum Gasteiger partial charge on any atom is 0.140 e. The zero-order chi connectivity index (χ0) is 24.6. The van der Waals surface area contributed by atoms with Crippen LogP contribution >= 0.6 is 0 Å². The number of aryl methyl sites for hydroxylation is 1. The average molecular weight is 468 g/mol. The van der Waals surface area contributed by atoms with Gasteiger partial charge in [-0.1, -0.05) is 106 Å². The zero-order valence-electron chi connectivity index (χ0n) is 21.2. The van der Waals surface area contributed by atoms with E-state index in [9.17, 15) is 5.11 Å². The molecular weight excluding hydrogens is 430 g/mol. The monoisotopic (exact) mass is 467 g/mol. The number of imidazole rings is 1. The number of phenolic OH excluding ortho intramolecular Hbond substituents is 1. The summed E-state index contributed by atoms with van der Waals surface area (Å²) in [5, 5.41) is 14.4. The van der Waals surface area contributed by atoms with Crippen molar-refractivity contribution in [3.8, 4) is 28.4 Å². The molecule has 0 saturated carbocycles. The van der Waals surface area contributed by atoms with E-state index in [0.717, 1.165) is 66.0 Å². The molecule has 1 aromatic heterocycles. The largest absolute Gasteiger partial charge is 0.507 e. The fourth-order valence-electron chi connectivity index (χ4n) is 4.72. The third-order valence-corrected chi connectivity index (χ3v) is 6.57. The molecule has 2 N–H and O–H groups in total. The van der Waals surface area contributed by atoms with Crippen LogP contribution in [0.15, 0.2) is 78.9 Å². The molecule has 1 heterocycles. The highest BCUT2D eigenvalue weighted by Gasteiger charge is 2.26. The fraction of sp³-hybridized carbons (Fsp3) is 0.323. The van der Waals surface area contributed by atoms with Crippen molar-refractivity contribution in [3.05, 3.63) is 95.7 Å². The minimum absolute atomic E-state index is 0.113. The highest BCUT2D eigenvalue weighted by molar-refractivity contribution is 5.69. The van der Waals surface area contributed by atoms with Crippen molar-refractivity contribution in [2.24, 2.45) is 0 Å². The topological polar surface area (TPSA) is 50.1 Å². The molecule has 0 amide bonds. The SMILES string of the molecule is CCCCC(NCc1cccc(C)c1O)c1c(-c2ccccc2)nc(-c2ccccc2)n1CCC. The van der Waals surface area contributed by atoms with Gasteiger partial charge in [0.25, 0.3) is 0 Å². The molecule has 0 saturated heterocycles. The van der Waals surface area contributed by atoms with Gasteiger partial charge >= 0.3 is 0 Å². The Morgan fingerprint density at radius 3 is 2.20 bits per heavy atom. The van der Waals surface area contributed by atoms with E-state index >= 15 is 0 Å². The molecule has 4 nitrogen and oxygen atoms in total. The van der Waals surface area contributed by atoms with Gasteiger partial charge in [0.2, 0.25) is 0 Å². The first-order valence-electron chi connectivity index (χ1n) is 12.9. The van der Waals surface area contributed by atoms with E-state index in [2.05, 4.69) is 84.4 Å². The molecule has 182 valence electrons. The molecule has 4 heteroatoms. The summed E-state index contributed by atoms with van der Waals surface area (Å²) in [4.78, 5) is 5.26. The second-order valence-corrected chi connectivity index (χ2v) is 9.21. The van der Waals surface area contributed by atoms with Gasteiger partial charge in [0, 0.05) is 29.8 Å². The van der Waals surface area contributed by atoms with Gasteiger partial charge < -0.3 is 15.0 Å². The van der Waals surface area contributed by atoms with Gasteiger partial charge in [-0.05, 0) is 25.3 Å². The summed E-state index contributed by atoms with van der Waals surface area (Å²) in [5.74, 6) is 1.40. The Morgan fingerprint density at radius 2 is 1.54 bits per heavy atom. The van der Waals surface area contributed by atoms with Crippen molar-refractivity contribution in [2.75, 3.05) is 0 Å². The van der Waals surface area contributed by atoms with Crippen LogP contribution in [0.5, 0.6) is 5.75 Å². The molecule has 1 unspecified atom stereocenters. The molecule has 0 bridgehead atoms. The maximum absolute atomic E-state index is 10.6. The second-order valence-electron chi connectivity index (χ2n) is 9.21.